The van der Waals surface area contributed by atoms with Crippen molar-refractivity contribution in [3.05, 3.63) is 0 Å². The summed E-state index contributed by atoms with van der Waals surface area (Å²) < 4.78 is 30.5. The molecule has 1 fully saturated rings. The largest absolute Gasteiger partial charge is 0.383 e. The molecule has 0 aliphatic carbocycles. The van der Waals surface area contributed by atoms with E-state index in [0.717, 1.165) is 0 Å². The Balaban J connectivity index is 0.000000791. The van der Waals surface area contributed by atoms with E-state index < -0.39 is 5.92 Å². The number of ether oxygens (including phenoxy) is 1. The van der Waals surface area contributed by atoms with Crippen LogP contribution in [0.15, 0.2) is 0 Å². The van der Waals surface area contributed by atoms with Gasteiger partial charge in [-0.1, -0.05) is 13.8 Å². The van der Waals surface area contributed by atoms with Gasteiger partial charge in [0, 0.05) is 19.6 Å². The first-order chi connectivity index (χ1) is 6.55. The Morgan fingerprint density at radius 3 is 2.43 bits per heavy atom. The molecule has 0 aromatic carbocycles. The van der Waals surface area contributed by atoms with Crippen LogP contribution in [0.1, 0.15) is 26.7 Å². The summed E-state index contributed by atoms with van der Waals surface area (Å²) in [5.41, 5.74) is 0. The van der Waals surface area contributed by atoms with Crippen LogP contribution in [-0.2, 0) is 4.74 Å². The van der Waals surface area contributed by atoms with Crippen LogP contribution in [-0.4, -0.2) is 44.2 Å². The molecular weight excluding hydrogens is 188 g/mol. The number of alkyl halides is 2. The van der Waals surface area contributed by atoms with Crippen molar-refractivity contribution in [2.24, 2.45) is 0 Å². The fraction of sp³-hybridized carbons (Fsp3) is 1.00. The number of likely N-dealkylation sites (tertiary alicyclic amines) is 1. The zero-order chi connectivity index (χ0) is 11.2. The maximum atomic E-state index is 12.8. The average Bonchev–Trinajstić information content (AvgIpc) is 2.13. The lowest BCUT2D eigenvalue weighted by molar-refractivity contribution is -0.0841. The number of piperidine rings is 1. The third-order valence-corrected chi connectivity index (χ3v) is 2.31. The number of hydrogen-bond donors (Lipinski definition) is 0. The molecule has 86 valence electrons. The lowest BCUT2D eigenvalue weighted by atomic mass is 10.0. The van der Waals surface area contributed by atoms with Crippen LogP contribution in [0, 0.1) is 0 Å². The molecule has 0 amide bonds. The van der Waals surface area contributed by atoms with Gasteiger partial charge < -0.3 is 4.74 Å². The van der Waals surface area contributed by atoms with E-state index in [9.17, 15) is 8.78 Å². The van der Waals surface area contributed by atoms with Crippen molar-refractivity contribution < 1.29 is 13.5 Å². The average molecular weight is 209 g/mol. The third kappa shape index (κ3) is 4.33. The van der Waals surface area contributed by atoms with Gasteiger partial charge in [0.1, 0.15) is 0 Å². The van der Waals surface area contributed by atoms with Gasteiger partial charge in [0.15, 0.2) is 0 Å². The molecule has 1 aliphatic rings. The van der Waals surface area contributed by atoms with Crippen LogP contribution in [0.5, 0.6) is 0 Å². The minimum absolute atomic E-state index is 0.00856. The summed E-state index contributed by atoms with van der Waals surface area (Å²) in [6.07, 6.45) is 0.517. The van der Waals surface area contributed by atoms with E-state index in [2.05, 4.69) is 0 Å². The number of methoxy groups -OCH3 is 1. The molecule has 0 radical (unpaired) electrons. The van der Waals surface area contributed by atoms with E-state index in [1.54, 1.807) is 19.1 Å². The van der Waals surface area contributed by atoms with Crippen LogP contribution in [0.25, 0.3) is 0 Å². The van der Waals surface area contributed by atoms with Gasteiger partial charge in [-0.25, -0.2) is 8.78 Å². The highest BCUT2D eigenvalue weighted by atomic mass is 19.3. The molecule has 2 nitrogen and oxygen atoms in total. The van der Waals surface area contributed by atoms with Crippen LogP contribution in [0.3, 0.4) is 0 Å². The lowest BCUT2D eigenvalue weighted by Gasteiger charge is -2.36. The first-order valence-corrected chi connectivity index (χ1v) is 5.12. The summed E-state index contributed by atoms with van der Waals surface area (Å²) in [4.78, 5) is 1.67. The van der Waals surface area contributed by atoms with E-state index in [-0.39, 0.29) is 19.0 Å². The fourth-order valence-corrected chi connectivity index (χ4v) is 1.57. The molecule has 0 N–H and O–H groups in total. The van der Waals surface area contributed by atoms with Gasteiger partial charge in [-0.05, 0) is 13.5 Å². The molecule has 4 heteroatoms. The zero-order valence-electron chi connectivity index (χ0n) is 9.52. The van der Waals surface area contributed by atoms with E-state index in [4.69, 9.17) is 4.74 Å². The van der Waals surface area contributed by atoms with Crippen molar-refractivity contribution in [2.45, 2.75) is 38.7 Å². The van der Waals surface area contributed by atoms with Crippen molar-refractivity contribution in [1.82, 2.24) is 4.90 Å². The SMILES string of the molecule is CC.COCC1CCC(F)(F)CN1C. The Morgan fingerprint density at radius 2 is 2.00 bits per heavy atom. The second-order valence-corrected chi connectivity index (χ2v) is 3.42. The molecule has 1 unspecified atom stereocenters. The van der Waals surface area contributed by atoms with Crippen molar-refractivity contribution >= 4 is 0 Å². The fourth-order valence-electron chi connectivity index (χ4n) is 1.57. The quantitative estimate of drug-likeness (QED) is 0.692. The molecule has 0 saturated carbocycles. The Kier molecular flexibility index (Phi) is 6.20. The molecule has 1 atom stereocenters. The van der Waals surface area contributed by atoms with Crippen LogP contribution < -0.4 is 0 Å². The normalized spacial score (nSPS) is 26.6. The molecule has 1 saturated heterocycles. The summed E-state index contributed by atoms with van der Waals surface area (Å²) in [7, 11) is 3.32. The Labute approximate surface area is 85.2 Å². The Bertz CT molecular complexity index is 153. The summed E-state index contributed by atoms with van der Waals surface area (Å²) >= 11 is 0. The van der Waals surface area contributed by atoms with Gasteiger partial charge in [-0.15, -0.1) is 0 Å². The highest BCUT2D eigenvalue weighted by Gasteiger charge is 2.37. The minimum Gasteiger partial charge on any atom is -0.383 e. The molecule has 1 rings (SSSR count). The minimum atomic E-state index is -2.50. The molecule has 0 aromatic rings. The van der Waals surface area contributed by atoms with Crippen LogP contribution in [0.4, 0.5) is 8.78 Å². The summed E-state index contributed by atoms with van der Waals surface area (Å²) in [5, 5.41) is 0. The molecule has 0 bridgehead atoms. The molecular formula is C10H21F2NO. The standard InChI is InChI=1S/C8H15F2NO.C2H6/c1-11-6-8(9,10)4-3-7(11)5-12-2;1-2/h7H,3-6H2,1-2H3;1-2H3. The van der Waals surface area contributed by atoms with Crippen molar-refractivity contribution in [3.8, 4) is 0 Å². The summed E-state index contributed by atoms with van der Waals surface area (Å²) in [6.45, 7) is 4.41. The topological polar surface area (TPSA) is 12.5 Å². The molecule has 14 heavy (non-hydrogen) atoms. The maximum Gasteiger partial charge on any atom is 0.260 e. The summed E-state index contributed by atoms with van der Waals surface area (Å²) in [6, 6.07) is 0.162. The van der Waals surface area contributed by atoms with E-state index >= 15 is 0 Å². The summed E-state index contributed by atoms with van der Waals surface area (Å²) in [5.74, 6) is -2.50. The first kappa shape index (κ1) is 13.8. The molecule has 1 heterocycles. The van der Waals surface area contributed by atoms with E-state index in [0.29, 0.717) is 13.0 Å². The van der Waals surface area contributed by atoms with Gasteiger partial charge in [0.05, 0.1) is 13.2 Å². The molecule has 0 spiro atoms. The van der Waals surface area contributed by atoms with Crippen LogP contribution in [0.2, 0.25) is 0 Å². The Morgan fingerprint density at radius 1 is 1.43 bits per heavy atom. The Hall–Kier alpha value is -0.220. The highest BCUT2D eigenvalue weighted by molar-refractivity contribution is 4.83. The third-order valence-electron chi connectivity index (χ3n) is 2.31. The van der Waals surface area contributed by atoms with E-state index in [1.807, 2.05) is 13.8 Å². The number of nitrogens with zero attached hydrogens (tertiary/aromatic N) is 1. The smallest absolute Gasteiger partial charge is 0.260 e. The predicted octanol–water partition coefficient (Wildman–Crippen LogP) is 2.39. The first-order valence-electron chi connectivity index (χ1n) is 5.12. The van der Waals surface area contributed by atoms with Crippen molar-refractivity contribution in [2.75, 3.05) is 27.3 Å². The van der Waals surface area contributed by atoms with Gasteiger partial charge in [-0.3, -0.25) is 4.90 Å². The van der Waals surface area contributed by atoms with Gasteiger partial charge in [0.25, 0.3) is 5.92 Å². The van der Waals surface area contributed by atoms with E-state index in [1.165, 1.54) is 0 Å². The maximum absolute atomic E-state index is 12.8. The second-order valence-electron chi connectivity index (χ2n) is 3.42. The van der Waals surface area contributed by atoms with Crippen molar-refractivity contribution in [1.29, 1.82) is 0 Å². The van der Waals surface area contributed by atoms with Crippen molar-refractivity contribution in [3.63, 3.8) is 0 Å². The zero-order valence-corrected chi connectivity index (χ0v) is 9.52. The number of likely N-dealkylation sites (N-methyl/N-ethyl adjacent to an activating group) is 1. The van der Waals surface area contributed by atoms with Gasteiger partial charge in [0.2, 0.25) is 0 Å². The molecule has 0 aromatic heterocycles. The number of rotatable bonds is 2. The number of hydrogen-bond acceptors (Lipinski definition) is 2. The second kappa shape index (κ2) is 6.30. The number of halogens is 2. The monoisotopic (exact) mass is 209 g/mol. The molecule has 1 aliphatic heterocycles. The van der Waals surface area contributed by atoms with Gasteiger partial charge >= 0.3 is 0 Å². The van der Waals surface area contributed by atoms with Gasteiger partial charge in [-0.2, -0.15) is 0 Å². The van der Waals surface area contributed by atoms with Crippen LogP contribution >= 0.6 is 0 Å². The highest BCUT2D eigenvalue weighted by Crippen LogP contribution is 2.28. The lowest BCUT2D eigenvalue weighted by Crippen LogP contribution is -2.48. The predicted molar refractivity (Wildman–Crippen MR) is 53.8 cm³/mol.